The number of carbonyl (C=O) groups is 1. The standard InChI is InChI=1S/C19H21N3O3S/c1-4-5-9-26-19-16(11-20)18(17(13(3)23)12(2)21-19)14-7-6-8-15(10-14)22(24)25/h6-8,10,18,21H,4-5,9H2,1-3H3. The van der Waals surface area contributed by atoms with Crippen LogP contribution >= 0.6 is 11.8 Å². The average molecular weight is 371 g/mol. The molecular formula is C19H21N3O3S. The van der Waals surface area contributed by atoms with Crippen LogP contribution in [0.5, 0.6) is 0 Å². The third-order valence-electron chi connectivity index (χ3n) is 4.19. The van der Waals surface area contributed by atoms with Crippen LogP contribution in [0.4, 0.5) is 5.69 Å². The zero-order valence-electron chi connectivity index (χ0n) is 15.0. The lowest BCUT2D eigenvalue weighted by Gasteiger charge is -2.29. The molecule has 1 heterocycles. The summed E-state index contributed by atoms with van der Waals surface area (Å²) in [6.45, 7) is 5.35. The van der Waals surface area contributed by atoms with E-state index in [0.29, 0.717) is 22.4 Å². The number of nitrogens with one attached hydrogen (secondary N) is 1. The van der Waals surface area contributed by atoms with Crippen molar-refractivity contribution >= 4 is 23.2 Å². The number of carbonyl (C=O) groups excluding carboxylic acids is 1. The number of nitrogens with zero attached hydrogens (tertiary/aromatic N) is 2. The van der Waals surface area contributed by atoms with Crippen LogP contribution in [-0.4, -0.2) is 16.5 Å². The highest BCUT2D eigenvalue weighted by Crippen LogP contribution is 2.41. The Balaban J connectivity index is 2.59. The van der Waals surface area contributed by atoms with Gasteiger partial charge in [-0.05, 0) is 31.6 Å². The molecule has 0 amide bonds. The lowest BCUT2D eigenvalue weighted by Crippen LogP contribution is -2.27. The molecule has 0 saturated heterocycles. The minimum Gasteiger partial charge on any atom is -0.353 e. The summed E-state index contributed by atoms with van der Waals surface area (Å²) in [7, 11) is 0. The van der Waals surface area contributed by atoms with Gasteiger partial charge in [0, 0.05) is 23.4 Å². The number of dihydropyridines is 1. The number of hydrogen-bond donors (Lipinski definition) is 1. The van der Waals surface area contributed by atoms with Crippen LogP contribution in [-0.2, 0) is 4.79 Å². The first kappa shape index (κ1) is 19.7. The van der Waals surface area contributed by atoms with Gasteiger partial charge in [0.1, 0.15) is 0 Å². The summed E-state index contributed by atoms with van der Waals surface area (Å²) in [5, 5.41) is 24.8. The summed E-state index contributed by atoms with van der Waals surface area (Å²) in [4.78, 5) is 22.9. The average Bonchev–Trinajstić information content (AvgIpc) is 2.61. The van der Waals surface area contributed by atoms with Gasteiger partial charge in [0.05, 0.1) is 27.5 Å². The van der Waals surface area contributed by atoms with E-state index in [4.69, 9.17) is 0 Å². The SMILES string of the molecule is CCCCSC1=C(C#N)C(c2cccc([N+](=O)[O-])c2)C(C(C)=O)=C(C)N1. The number of nitriles is 1. The monoisotopic (exact) mass is 371 g/mol. The van der Waals surface area contributed by atoms with Gasteiger partial charge in [-0.3, -0.25) is 14.9 Å². The van der Waals surface area contributed by atoms with Crippen molar-refractivity contribution in [2.24, 2.45) is 0 Å². The second-order valence-electron chi connectivity index (χ2n) is 6.06. The highest BCUT2D eigenvalue weighted by atomic mass is 32.2. The Morgan fingerprint density at radius 3 is 2.77 bits per heavy atom. The number of unbranched alkanes of at least 4 members (excludes halogenated alkanes) is 1. The third-order valence-corrected chi connectivity index (χ3v) is 5.29. The van der Waals surface area contributed by atoms with E-state index in [2.05, 4.69) is 18.3 Å². The van der Waals surface area contributed by atoms with Crippen LogP contribution in [0.3, 0.4) is 0 Å². The van der Waals surface area contributed by atoms with Crippen molar-refractivity contribution in [2.45, 2.75) is 39.5 Å². The fraction of sp³-hybridized carbons (Fsp3) is 0.368. The zero-order chi connectivity index (χ0) is 19.3. The van der Waals surface area contributed by atoms with Crippen LogP contribution in [0.15, 0.2) is 46.1 Å². The van der Waals surface area contributed by atoms with Crippen LogP contribution in [0.2, 0.25) is 0 Å². The molecule has 1 aromatic carbocycles. The van der Waals surface area contributed by atoms with E-state index in [9.17, 15) is 20.2 Å². The maximum Gasteiger partial charge on any atom is 0.269 e. The molecule has 0 spiro atoms. The van der Waals surface area contributed by atoms with Crippen molar-refractivity contribution in [2.75, 3.05) is 5.75 Å². The first-order valence-electron chi connectivity index (χ1n) is 8.40. The number of non-ortho nitro benzene ring substituents is 1. The van der Waals surface area contributed by atoms with Gasteiger partial charge in [-0.2, -0.15) is 5.26 Å². The minimum atomic E-state index is -0.595. The van der Waals surface area contributed by atoms with Gasteiger partial charge < -0.3 is 5.32 Å². The molecular weight excluding hydrogens is 350 g/mol. The van der Waals surface area contributed by atoms with E-state index in [1.54, 1.807) is 30.8 Å². The Labute approximate surface area is 157 Å². The molecule has 1 N–H and O–H groups in total. The molecule has 7 heteroatoms. The maximum absolute atomic E-state index is 12.3. The van der Waals surface area contributed by atoms with Gasteiger partial charge >= 0.3 is 0 Å². The zero-order valence-corrected chi connectivity index (χ0v) is 15.9. The number of nitro groups is 1. The van der Waals surface area contributed by atoms with E-state index in [1.807, 2.05) is 0 Å². The van der Waals surface area contributed by atoms with Crippen molar-refractivity contribution in [3.63, 3.8) is 0 Å². The van der Waals surface area contributed by atoms with Crippen molar-refractivity contribution in [1.29, 1.82) is 5.26 Å². The van der Waals surface area contributed by atoms with Crippen molar-refractivity contribution in [3.05, 3.63) is 61.8 Å². The highest BCUT2D eigenvalue weighted by Gasteiger charge is 2.33. The van der Waals surface area contributed by atoms with Crippen LogP contribution in [0.25, 0.3) is 0 Å². The van der Waals surface area contributed by atoms with E-state index >= 15 is 0 Å². The minimum absolute atomic E-state index is 0.0564. The number of ketones is 1. The number of rotatable bonds is 7. The highest BCUT2D eigenvalue weighted by molar-refractivity contribution is 8.03. The summed E-state index contributed by atoms with van der Waals surface area (Å²) in [6, 6.07) is 8.38. The Kier molecular flexibility index (Phi) is 6.58. The number of nitro benzene ring substituents is 1. The van der Waals surface area contributed by atoms with E-state index in [0.717, 1.165) is 23.6 Å². The normalized spacial score (nSPS) is 16.9. The lowest BCUT2D eigenvalue weighted by molar-refractivity contribution is -0.384. The molecule has 0 aliphatic carbocycles. The third kappa shape index (κ3) is 4.14. The summed E-state index contributed by atoms with van der Waals surface area (Å²) >= 11 is 1.55. The Morgan fingerprint density at radius 1 is 1.46 bits per heavy atom. The van der Waals surface area contributed by atoms with Gasteiger partial charge in [0.15, 0.2) is 5.78 Å². The molecule has 1 atom stereocenters. The molecule has 1 unspecified atom stereocenters. The van der Waals surface area contributed by atoms with Crippen LogP contribution in [0, 0.1) is 21.4 Å². The topological polar surface area (TPSA) is 96.0 Å². The molecule has 0 aromatic heterocycles. The fourth-order valence-corrected chi connectivity index (χ4v) is 4.14. The predicted molar refractivity (Wildman–Crippen MR) is 102 cm³/mol. The molecule has 2 rings (SSSR count). The molecule has 26 heavy (non-hydrogen) atoms. The summed E-state index contributed by atoms with van der Waals surface area (Å²) in [6.07, 6.45) is 2.06. The fourth-order valence-electron chi connectivity index (χ4n) is 2.96. The second kappa shape index (κ2) is 8.68. The van der Waals surface area contributed by atoms with Gasteiger partial charge in [-0.15, -0.1) is 11.8 Å². The van der Waals surface area contributed by atoms with Gasteiger partial charge in [0.2, 0.25) is 0 Å². The summed E-state index contributed by atoms with van der Waals surface area (Å²) in [5.74, 6) is 0.105. The number of allylic oxidation sites excluding steroid dienone is 3. The van der Waals surface area contributed by atoms with Gasteiger partial charge in [-0.25, -0.2) is 0 Å². The maximum atomic E-state index is 12.3. The van der Waals surface area contributed by atoms with Crippen LogP contribution < -0.4 is 5.32 Å². The number of benzene rings is 1. The lowest BCUT2D eigenvalue weighted by atomic mass is 9.81. The number of hydrogen-bond acceptors (Lipinski definition) is 6. The molecule has 1 aliphatic heterocycles. The molecule has 0 bridgehead atoms. The molecule has 136 valence electrons. The first-order chi connectivity index (χ1) is 12.4. The number of thioether (sulfide) groups is 1. The van der Waals surface area contributed by atoms with E-state index < -0.39 is 10.8 Å². The molecule has 0 radical (unpaired) electrons. The van der Waals surface area contributed by atoms with E-state index in [1.165, 1.54) is 19.1 Å². The molecule has 6 nitrogen and oxygen atoms in total. The Hall–Kier alpha value is -2.59. The predicted octanol–water partition coefficient (Wildman–Crippen LogP) is 4.41. The van der Waals surface area contributed by atoms with Gasteiger partial charge in [0.25, 0.3) is 5.69 Å². The number of Topliss-reactive ketones (excluding diaryl/α,β-unsaturated/α-hetero) is 1. The summed E-state index contributed by atoms with van der Waals surface area (Å²) < 4.78 is 0. The Morgan fingerprint density at radius 2 is 2.19 bits per heavy atom. The Bertz CT molecular complexity index is 837. The molecule has 1 aromatic rings. The smallest absolute Gasteiger partial charge is 0.269 e. The van der Waals surface area contributed by atoms with Crippen LogP contribution in [0.1, 0.15) is 45.1 Å². The largest absolute Gasteiger partial charge is 0.353 e. The summed E-state index contributed by atoms with van der Waals surface area (Å²) in [5.41, 5.74) is 2.12. The molecule has 0 saturated carbocycles. The first-order valence-corrected chi connectivity index (χ1v) is 9.39. The molecule has 0 fully saturated rings. The van der Waals surface area contributed by atoms with Gasteiger partial charge in [-0.1, -0.05) is 25.5 Å². The van der Waals surface area contributed by atoms with Crippen molar-refractivity contribution < 1.29 is 9.72 Å². The van der Waals surface area contributed by atoms with Crippen molar-refractivity contribution in [3.8, 4) is 6.07 Å². The quantitative estimate of drug-likeness (QED) is 0.433. The second-order valence-corrected chi connectivity index (χ2v) is 7.17. The van der Waals surface area contributed by atoms with E-state index in [-0.39, 0.29) is 11.5 Å². The molecule has 1 aliphatic rings. The van der Waals surface area contributed by atoms with Crippen molar-refractivity contribution in [1.82, 2.24) is 5.32 Å².